The Labute approximate surface area is 140 Å². The minimum atomic E-state index is -1.50. The van der Waals surface area contributed by atoms with Gasteiger partial charge in [0.15, 0.2) is 29.1 Å². The normalized spacial score (nSPS) is 14.0. The number of hydrogen-bond donors (Lipinski definition) is 1. The summed E-state index contributed by atoms with van der Waals surface area (Å²) in [6.45, 7) is 0.793. The van der Waals surface area contributed by atoms with Crippen LogP contribution in [0.3, 0.4) is 0 Å². The Bertz CT molecular complexity index is 834. The molecule has 25 heavy (non-hydrogen) atoms. The molecule has 1 fully saturated rings. The Kier molecular flexibility index (Phi) is 4.61. The molecule has 0 saturated carbocycles. The molecule has 2 aromatic carbocycles. The minimum Gasteiger partial charge on any atom is -0.367 e. The van der Waals surface area contributed by atoms with E-state index in [-0.39, 0.29) is 5.69 Å². The maximum Gasteiger partial charge on any atom is 0.258 e. The van der Waals surface area contributed by atoms with Gasteiger partial charge in [0.25, 0.3) is 5.91 Å². The highest BCUT2D eigenvalue weighted by Crippen LogP contribution is 2.30. The second-order valence-corrected chi connectivity index (χ2v) is 5.66. The maximum atomic E-state index is 14.2. The number of halogens is 5. The summed E-state index contributed by atoms with van der Waals surface area (Å²) in [6, 6.07) is 3.08. The van der Waals surface area contributed by atoms with Gasteiger partial charge < -0.3 is 10.2 Å². The van der Waals surface area contributed by atoms with Gasteiger partial charge in [-0.05, 0) is 31.0 Å². The summed E-state index contributed by atoms with van der Waals surface area (Å²) in [5.74, 6) is -7.53. The van der Waals surface area contributed by atoms with E-state index < -0.39 is 46.2 Å². The quantitative estimate of drug-likeness (QED) is 0.659. The van der Waals surface area contributed by atoms with Gasteiger partial charge in [-0.1, -0.05) is 0 Å². The summed E-state index contributed by atoms with van der Waals surface area (Å²) < 4.78 is 68.7. The second-order valence-electron chi connectivity index (χ2n) is 5.66. The van der Waals surface area contributed by atoms with Crippen LogP contribution in [0.1, 0.15) is 23.2 Å². The third-order valence-corrected chi connectivity index (χ3v) is 3.98. The molecule has 1 aliphatic rings. The van der Waals surface area contributed by atoms with Gasteiger partial charge in [-0.3, -0.25) is 4.79 Å². The van der Waals surface area contributed by atoms with Gasteiger partial charge in [-0.25, -0.2) is 22.0 Å². The molecule has 3 rings (SSSR count). The number of nitrogens with zero attached hydrogens (tertiary/aromatic N) is 1. The fraction of sp³-hybridized carbons (Fsp3) is 0.235. The number of amides is 1. The van der Waals surface area contributed by atoms with Crippen molar-refractivity contribution in [3.05, 3.63) is 58.9 Å². The van der Waals surface area contributed by atoms with Crippen LogP contribution in [0.15, 0.2) is 24.3 Å². The van der Waals surface area contributed by atoms with E-state index in [1.807, 2.05) is 0 Å². The van der Waals surface area contributed by atoms with Crippen LogP contribution < -0.4 is 10.2 Å². The van der Waals surface area contributed by atoms with E-state index in [1.54, 1.807) is 0 Å². The van der Waals surface area contributed by atoms with Gasteiger partial charge in [-0.15, -0.1) is 0 Å². The van der Waals surface area contributed by atoms with E-state index in [2.05, 4.69) is 5.32 Å². The molecule has 1 aliphatic heterocycles. The standard InChI is InChI=1S/C17H13F5N2O/c18-11-4-3-9(7-12(11)19)23-17(25)10-8-13(20)16(15(22)14(10)21)24-5-1-2-6-24/h3-4,7-8H,1-2,5-6H2,(H,23,25). The smallest absolute Gasteiger partial charge is 0.258 e. The molecule has 0 aromatic heterocycles. The largest absolute Gasteiger partial charge is 0.367 e. The number of carbonyl (C=O) groups is 1. The SMILES string of the molecule is O=C(Nc1ccc(F)c(F)c1)c1cc(F)c(N2CCCC2)c(F)c1F. The van der Waals surface area contributed by atoms with Gasteiger partial charge in [-0.2, -0.15) is 0 Å². The number of rotatable bonds is 3. The van der Waals surface area contributed by atoms with Crippen LogP contribution in [-0.2, 0) is 0 Å². The molecule has 1 N–H and O–H groups in total. The molecule has 2 aromatic rings. The Balaban J connectivity index is 1.91. The third-order valence-electron chi connectivity index (χ3n) is 3.98. The fourth-order valence-electron chi connectivity index (χ4n) is 2.75. The molecule has 0 spiro atoms. The third kappa shape index (κ3) is 3.29. The average Bonchev–Trinajstić information content (AvgIpc) is 3.08. The van der Waals surface area contributed by atoms with Crippen molar-refractivity contribution in [1.29, 1.82) is 0 Å². The maximum absolute atomic E-state index is 14.2. The average molecular weight is 356 g/mol. The summed E-state index contributed by atoms with van der Waals surface area (Å²) >= 11 is 0. The number of benzene rings is 2. The Morgan fingerprint density at radius 3 is 2.20 bits per heavy atom. The molecule has 1 saturated heterocycles. The molecule has 0 atom stereocenters. The van der Waals surface area contributed by atoms with E-state index >= 15 is 0 Å². The predicted molar refractivity (Wildman–Crippen MR) is 82.1 cm³/mol. The molecule has 1 amide bonds. The lowest BCUT2D eigenvalue weighted by Gasteiger charge is -2.20. The highest BCUT2D eigenvalue weighted by Gasteiger charge is 2.27. The minimum absolute atomic E-state index is 0.173. The molecule has 0 unspecified atom stereocenters. The van der Waals surface area contributed by atoms with Crippen molar-refractivity contribution in [3.63, 3.8) is 0 Å². The molecule has 132 valence electrons. The monoisotopic (exact) mass is 356 g/mol. The van der Waals surface area contributed by atoms with Crippen molar-refractivity contribution >= 4 is 17.3 Å². The topological polar surface area (TPSA) is 32.3 Å². The summed E-state index contributed by atoms with van der Waals surface area (Å²) in [4.78, 5) is 13.4. The highest BCUT2D eigenvalue weighted by molar-refractivity contribution is 6.04. The van der Waals surface area contributed by atoms with Crippen molar-refractivity contribution in [3.8, 4) is 0 Å². The van der Waals surface area contributed by atoms with Gasteiger partial charge in [0, 0.05) is 24.8 Å². The molecular formula is C17H13F5N2O. The highest BCUT2D eigenvalue weighted by atomic mass is 19.2. The van der Waals surface area contributed by atoms with Gasteiger partial charge in [0.05, 0.1) is 5.56 Å². The molecule has 3 nitrogen and oxygen atoms in total. The first kappa shape index (κ1) is 17.2. The Morgan fingerprint density at radius 1 is 0.880 bits per heavy atom. The summed E-state index contributed by atoms with van der Waals surface area (Å²) in [5, 5.41) is 2.08. The van der Waals surface area contributed by atoms with Crippen molar-refractivity contribution < 1.29 is 26.7 Å². The molecule has 0 bridgehead atoms. The van der Waals surface area contributed by atoms with Crippen LogP contribution in [0, 0.1) is 29.1 Å². The van der Waals surface area contributed by atoms with Crippen LogP contribution in [0.5, 0.6) is 0 Å². The van der Waals surface area contributed by atoms with Crippen LogP contribution in [0.2, 0.25) is 0 Å². The number of carbonyl (C=O) groups excluding carboxylic acids is 1. The summed E-state index contributed by atoms with van der Waals surface area (Å²) in [7, 11) is 0. The van der Waals surface area contributed by atoms with Crippen LogP contribution >= 0.6 is 0 Å². The lowest BCUT2D eigenvalue weighted by atomic mass is 10.1. The van der Waals surface area contributed by atoms with E-state index in [9.17, 15) is 26.7 Å². The molecule has 8 heteroatoms. The number of anilines is 2. The van der Waals surface area contributed by atoms with E-state index in [0.717, 1.165) is 25.0 Å². The lowest BCUT2D eigenvalue weighted by Crippen LogP contribution is -2.23. The first-order chi connectivity index (χ1) is 11.9. The zero-order chi connectivity index (χ0) is 18.1. The van der Waals surface area contributed by atoms with Crippen molar-refractivity contribution in [2.75, 3.05) is 23.3 Å². The summed E-state index contributed by atoms with van der Waals surface area (Å²) in [6.07, 6.45) is 1.47. The van der Waals surface area contributed by atoms with Crippen LogP contribution in [-0.4, -0.2) is 19.0 Å². The van der Waals surface area contributed by atoms with E-state index in [4.69, 9.17) is 0 Å². The van der Waals surface area contributed by atoms with Crippen molar-refractivity contribution in [2.24, 2.45) is 0 Å². The summed E-state index contributed by atoms with van der Waals surface area (Å²) in [5.41, 5.74) is -1.53. The Morgan fingerprint density at radius 2 is 1.56 bits per heavy atom. The Hall–Kier alpha value is -2.64. The second kappa shape index (κ2) is 6.70. The predicted octanol–water partition coefficient (Wildman–Crippen LogP) is 4.23. The molecule has 1 heterocycles. The van der Waals surface area contributed by atoms with Gasteiger partial charge in [0.2, 0.25) is 0 Å². The van der Waals surface area contributed by atoms with Gasteiger partial charge in [0.1, 0.15) is 5.69 Å². The lowest BCUT2D eigenvalue weighted by molar-refractivity contribution is 0.102. The van der Waals surface area contributed by atoms with Crippen molar-refractivity contribution in [2.45, 2.75) is 12.8 Å². The van der Waals surface area contributed by atoms with Crippen molar-refractivity contribution in [1.82, 2.24) is 0 Å². The molecule has 0 radical (unpaired) electrons. The van der Waals surface area contributed by atoms with E-state index in [0.29, 0.717) is 25.2 Å². The first-order valence-electron chi connectivity index (χ1n) is 7.57. The first-order valence-corrected chi connectivity index (χ1v) is 7.57. The van der Waals surface area contributed by atoms with Crippen LogP contribution in [0.25, 0.3) is 0 Å². The molecule has 0 aliphatic carbocycles. The van der Waals surface area contributed by atoms with E-state index in [1.165, 1.54) is 4.90 Å². The number of nitrogens with one attached hydrogen (secondary N) is 1. The number of hydrogen-bond acceptors (Lipinski definition) is 2. The van der Waals surface area contributed by atoms with Crippen LogP contribution in [0.4, 0.5) is 33.3 Å². The fourth-order valence-corrected chi connectivity index (χ4v) is 2.75. The zero-order valence-electron chi connectivity index (χ0n) is 12.9. The molecular weight excluding hydrogens is 343 g/mol. The zero-order valence-corrected chi connectivity index (χ0v) is 12.9. The van der Waals surface area contributed by atoms with Gasteiger partial charge >= 0.3 is 0 Å².